The molecule has 0 unspecified atom stereocenters. The second kappa shape index (κ2) is 6.33. The lowest BCUT2D eigenvalue weighted by Crippen LogP contribution is -2.28. The highest BCUT2D eigenvalue weighted by molar-refractivity contribution is 6.36. The lowest BCUT2D eigenvalue weighted by atomic mass is 9.95. The van der Waals surface area contributed by atoms with E-state index in [9.17, 15) is 4.79 Å². The van der Waals surface area contributed by atoms with E-state index < -0.39 is 0 Å². The molecule has 2 N–H and O–H groups in total. The molecule has 0 spiro atoms. The molecule has 0 saturated heterocycles. The molecule has 1 aliphatic rings. The number of nitrogens with one attached hydrogen (secondary N) is 2. The predicted octanol–water partition coefficient (Wildman–Crippen LogP) is 4.00. The third kappa shape index (κ3) is 3.35. The van der Waals surface area contributed by atoms with Crippen molar-refractivity contribution >= 4 is 35.2 Å². The highest BCUT2D eigenvalue weighted by atomic mass is 35.5. The summed E-state index contributed by atoms with van der Waals surface area (Å²) in [4.78, 5) is 11.0. The van der Waals surface area contributed by atoms with Crippen LogP contribution in [0, 0.1) is 5.92 Å². The Morgan fingerprint density at radius 1 is 1.35 bits per heavy atom. The summed E-state index contributed by atoms with van der Waals surface area (Å²) < 4.78 is 0. The molecular formula is C15H16Cl2N2O. The van der Waals surface area contributed by atoms with E-state index in [1.165, 1.54) is 0 Å². The molecule has 0 bridgehead atoms. The molecule has 20 heavy (non-hydrogen) atoms. The number of dihydropyridines is 1. The fourth-order valence-corrected chi connectivity index (χ4v) is 2.51. The van der Waals surface area contributed by atoms with E-state index in [4.69, 9.17) is 23.2 Å². The summed E-state index contributed by atoms with van der Waals surface area (Å²) in [5.41, 5.74) is 2.59. The van der Waals surface area contributed by atoms with Gasteiger partial charge >= 0.3 is 0 Å². The van der Waals surface area contributed by atoms with E-state index in [1.807, 2.05) is 12.1 Å². The van der Waals surface area contributed by atoms with Crippen LogP contribution in [0.4, 0.5) is 5.69 Å². The average molecular weight is 311 g/mol. The van der Waals surface area contributed by atoms with Crippen LogP contribution in [0.1, 0.15) is 13.8 Å². The lowest BCUT2D eigenvalue weighted by molar-refractivity contribution is -0.105. The number of rotatable bonds is 4. The molecule has 0 saturated carbocycles. The highest BCUT2D eigenvalue weighted by Crippen LogP contribution is 2.27. The molecule has 5 heteroatoms. The maximum absolute atomic E-state index is 11.0. The second-order valence-electron chi connectivity index (χ2n) is 4.91. The van der Waals surface area contributed by atoms with Gasteiger partial charge in [-0.3, -0.25) is 4.79 Å². The summed E-state index contributed by atoms with van der Waals surface area (Å²) >= 11 is 12.0. The van der Waals surface area contributed by atoms with Crippen molar-refractivity contribution in [3.63, 3.8) is 0 Å². The lowest BCUT2D eigenvalue weighted by Gasteiger charge is -2.23. The van der Waals surface area contributed by atoms with Crippen molar-refractivity contribution in [1.82, 2.24) is 5.32 Å². The zero-order chi connectivity index (χ0) is 14.7. The van der Waals surface area contributed by atoms with Crippen molar-refractivity contribution in [2.45, 2.75) is 13.8 Å². The number of anilines is 1. The molecule has 3 nitrogen and oxygen atoms in total. The van der Waals surface area contributed by atoms with Crippen molar-refractivity contribution in [1.29, 1.82) is 0 Å². The van der Waals surface area contributed by atoms with Gasteiger partial charge in [0.15, 0.2) is 0 Å². The van der Waals surface area contributed by atoms with Crippen LogP contribution in [0.15, 0.2) is 41.2 Å². The van der Waals surface area contributed by atoms with Crippen molar-refractivity contribution in [2.75, 3.05) is 11.9 Å². The minimum atomic E-state index is 0.287. The van der Waals surface area contributed by atoms with Crippen LogP contribution in [0.3, 0.4) is 0 Å². The molecule has 106 valence electrons. The zero-order valence-electron chi connectivity index (χ0n) is 11.3. The summed E-state index contributed by atoms with van der Waals surface area (Å²) in [6.45, 7) is 4.64. The van der Waals surface area contributed by atoms with Crippen LogP contribution in [-0.2, 0) is 4.79 Å². The monoisotopic (exact) mass is 310 g/mol. The Morgan fingerprint density at radius 3 is 2.70 bits per heavy atom. The molecular weight excluding hydrogens is 295 g/mol. The topological polar surface area (TPSA) is 41.1 Å². The summed E-state index contributed by atoms with van der Waals surface area (Å²) in [5.74, 6) is 1.11. The first kappa shape index (κ1) is 14.9. The number of hydrogen-bond acceptors (Lipinski definition) is 3. The summed E-state index contributed by atoms with van der Waals surface area (Å²) in [6, 6.07) is 5.28. The smallest absolute Gasteiger partial charge is 0.148 e. The first-order valence-electron chi connectivity index (χ1n) is 6.37. The first-order chi connectivity index (χ1) is 9.51. The van der Waals surface area contributed by atoms with E-state index in [1.54, 1.807) is 12.1 Å². The van der Waals surface area contributed by atoms with E-state index in [0.717, 1.165) is 28.9 Å². The summed E-state index contributed by atoms with van der Waals surface area (Å²) in [7, 11) is 0. The van der Waals surface area contributed by atoms with Crippen LogP contribution < -0.4 is 10.6 Å². The van der Waals surface area contributed by atoms with Gasteiger partial charge in [-0.15, -0.1) is 0 Å². The maximum Gasteiger partial charge on any atom is 0.148 e. The zero-order valence-corrected chi connectivity index (χ0v) is 12.8. The highest BCUT2D eigenvalue weighted by Gasteiger charge is 2.15. The van der Waals surface area contributed by atoms with Crippen molar-refractivity contribution < 1.29 is 4.79 Å². The van der Waals surface area contributed by atoms with Gasteiger partial charge in [0.05, 0.1) is 10.7 Å². The third-order valence-corrected chi connectivity index (χ3v) is 3.65. The second-order valence-corrected chi connectivity index (χ2v) is 5.76. The minimum Gasteiger partial charge on any atom is -0.367 e. The van der Waals surface area contributed by atoms with Crippen LogP contribution in [0.2, 0.25) is 10.0 Å². The van der Waals surface area contributed by atoms with E-state index >= 15 is 0 Å². The normalized spacial score (nSPS) is 14.9. The van der Waals surface area contributed by atoms with Gasteiger partial charge < -0.3 is 10.6 Å². The molecule has 0 atom stereocenters. The number of carbonyl (C=O) groups is 1. The average Bonchev–Trinajstić information content (AvgIpc) is 2.41. The van der Waals surface area contributed by atoms with Crippen molar-refractivity contribution in [3.8, 4) is 0 Å². The van der Waals surface area contributed by atoms with Gasteiger partial charge in [-0.25, -0.2) is 0 Å². The van der Waals surface area contributed by atoms with Crippen LogP contribution in [0.5, 0.6) is 0 Å². The number of carbonyl (C=O) groups excluding carboxylic acids is 1. The Hall–Kier alpha value is -1.45. The Morgan fingerprint density at radius 2 is 2.10 bits per heavy atom. The number of allylic oxidation sites excluding steroid dienone is 2. The molecule has 0 aromatic heterocycles. The number of benzene rings is 1. The van der Waals surface area contributed by atoms with Gasteiger partial charge in [0.25, 0.3) is 0 Å². The molecule has 2 rings (SSSR count). The molecule has 0 amide bonds. The minimum absolute atomic E-state index is 0.287. The SMILES string of the molecule is CC(C)C1=C(C=O)CNC(Nc2ccc(Cl)cc2Cl)=C1. The van der Waals surface area contributed by atoms with Crippen LogP contribution in [-0.4, -0.2) is 12.8 Å². The Labute approximate surface area is 128 Å². The molecule has 1 aromatic carbocycles. The Bertz CT molecular complexity index is 592. The van der Waals surface area contributed by atoms with Gasteiger partial charge in [0.1, 0.15) is 12.1 Å². The Balaban J connectivity index is 2.26. The molecule has 0 radical (unpaired) electrons. The van der Waals surface area contributed by atoms with Crippen LogP contribution >= 0.6 is 23.2 Å². The Kier molecular flexibility index (Phi) is 4.73. The van der Waals surface area contributed by atoms with Gasteiger partial charge in [-0.05, 0) is 35.8 Å². The third-order valence-electron chi connectivity index (χ3n) is 3.10. The molecule has 0 aliphatic carbocycles. The molecule has 1 aliphatic heterocycles. The van der Waals surface area contributed by atoms with Gasteiger partial charge in [0.2, 0.25) is 0 Å². The van der Waals surface area contributed by atoms with Gasteiger partial charge in [-0.1, -0.05) is 37.0 Å². The maximum atomic E-state index is 11.0. The number of aldehydes is 1. The largest absolute Gasteiger partial charge is 0.367 e. The molecule has 1 aromatic rings. The summed E-state index contributed by atoms with van der Waals surface area (Å²) in [6.07, 6.45) is 2.85. The van der Waals surface area contributed by atoms with E-state index in [-0.39, 0.29) is 5.92 Å². The first-order valence-corrected chi connectivity index (χ1v) is 7.12. The number of hydrogen-bond donors (Lipinski definition) is 2. The summed E-state index contributed by atoms with van der Waals surface area (Å²) in [5, 5.41) is 7.53. The van der Waals surface area contributed by atoms with Gasteiger partial charge in [-0.2, -0.15) is 0 Å². The standard InChI is InChI=1S/C15H16Cl2N2O/c1-9(2)12-6-15(18-7-10(12)8-20)19-14-4-3-11(16)5-13(14)17/h3-6,8-9,18-19H,7H2,1-2H3. The quantitative estimate of drug-likeness (QED) is 0.826. The fraction of sp³-hybridized carbons (Fsp3) is 0.267. The fourth-order valence-electron chi connectivity index (χ4n) is 2.06. The van der Waals surface area contributed by atoms with E-state index in [2.05, 4.69) is 24.5 Å². The molecule has 1 heterocycles. The van der Waals surface area contributed by atoms with E-state index in [0.29, 0.717) is 16.6 Å². The van der Waals surface area contributed by atoms with Crippen LogP contribution in [0.25, 0.3) is 0 Å². The van der Waals surface area contributed by atoms with Crippen molar-refractivity contribution in [2.24, 2.45) is 5.92 Å². The predicted molar refractivity (Wildman–Crippen MR) is 84.1 cm³/mol. The number of halogens is 2. The molecule has 0 fully saturated rings. The van der Waals surface area contributed by atoms with Crippen molar-refractivity contribution in [3.05, 3.63) is 51.3 Å². The van der Waals surface area contributed by atoms with Gasteiger partial charge in [0, 0.05) is 17.1 Å².